The van der Waals surface area contributed by atoms with Gasteiger partial charge >= 0.3 is 0 Å². The van der Waals surface area contributed by atoms with Crippen LogP contribution in [-0.2, 0) is 6.54 Å². The smallest absolute Gasteiger partial charge is 0.273 e. The van der Waals surface area contributed by atoms with Crippen molar-refractivity contribution in [2.24, 2.45) is 5.10 Å². The molecule has 0 aliphatic carbocycles. The highest BCUT2D eigenvalue weighted by molar-refractivity contribution is 9.10. The van der Waals surface area contributed by atoms with Crippen LogP contribution in [0.2, 0.25) is 0 Å². The molecule has 0 aliphatic heterocycles. The summed E-state index contributed by atoms with van der Waals surface area (Å²) in [5.74, 6) is 1.49. The van der Waals surface area contributed by atoms with Crippen LogP contribution < -0.4 is 16.1 Å². The first-order chi connectivity index (χ1) is 17.4. The van der Waals surface area contributed by atoms with Crippen LogP contribution in [0, 0.1) is 13.8 Å². The molecule has 188 valence electrons. The minimum atomic E-state index is -0.422. The van der Waals surface area contributed by atoms with Gasteiger partial charge < -0.3 is 10.6 Å². The molecule has 6 nitrogen and oxygen atoms in total. The van der Waals surface area contributed by atoms with E-state index < -0.39 is 5.91 Å². The molecule has 0 heterocycles. The van der Waals surface area contributed by atoms with Crippen LogP contribution in [0.1, 0.15) is 49.9 Å². The number of hydrogen-bond acceptors (Lipinski definition) is 5. The Hall–Kier alpha value is -2.94. The Bertz CT molecular complexity index is 1230. The Kier molecular flexibility index (Phi) is 10.7. The molecule has 3 aromatic carbocycles. The summed E-state index contributed by atoms with van der Waals surface area (Å²) in [4.78, 5) is 25.7. The van der Waals surface area contributed by atoms with Gasteiger partial charge in [-0.2, -0.15) is 16.9 Å². The molecule has 3 rings (SSSR count). The number of aryl methyl sites for hydroxylation is 2. The second kappa shape index (κ2) is 14.0. The van der Waals surface area contributed by atoms with E-state index in [1.54, 1.807) is 36.5 Å². The van der Waals surface area contributed by atoms with Crippen LogP contribution in [0.3, 0.4) is 0 Å². The van der Waals surface area contributed by atoms with E-state index in [4.69, 9.17) is 0 Å². The summed E-state index contributed by atoms with van der Waals surface area (Å²) in [6.07, 6.45) is 1.60. The first-order valence-corrected chi connectivity index (χ1v) is 13.7. The number of carbonyl (C=O) groups is 2. The van der Waals surface area contributed by atoms with E-state index in [2.05, 4.69) is 44.0 Å². The van der Waals surface area contributed by atoms with Gasteiger partial charge in [-0.25, -0.2) is 5.43 Å². The predicted molar refractivity (Wildman–Crippen MR) is 154 cm³/mol. The third-order valence-corrected chi connectivity index (χ3v) is 6.95. The lowest BCUT2D eigenvalue weighted by Gasteiger charge is -2.11. The van der Waals surface area contributed by atoms with Gasteiger partial charge in [0.25, 0.3) is 11.8 Å². The van der Waals surface area contributed by atoms with Crippen molar-refractivity contribution in [3.05, 3.63) is 98.5 Å². The number of amides is 2. The second-order valence-electron chi connectivity index (χ2n) is 8.26. The SMILES string of the molecule is CCSCCNCc1ccc(C(=O)Nc2ccc(Br)cc2C(=O)N/N=C/c2ccc(C)c(C)c2)cc1. The van der Waals surface area contributed by atoms with Crippen LogP contribution in [0.15, 0.2) is 70.2 Å². The number of hydrogen-bond donors (Lipinski definition) is 3. The molecule has 0 atom stereocenters. The van der Waals surface area contributed by atoms with Gasteiger partial charge in [0.05, 0.1) is 17.5 Å². The fraction of sp³-hybridized carbons (Fsp3) is 0.250. The Morgan fingerprint density at radius 2 is 1.75 bits per heavy atom. The number of thioether (sulfide) groups is 1. The summed E-state index contributed by atoms with van der Waals surface area (Å²) in [7, 11) is 0. The van der Waals surface area contributed by atoms with E-state index in [0.717, 1.165) is 45.8 Å². The maximum absolute atomic E-state index is 12.9. The Morgan fingerprint density at radius 3 is 2.47 bits per heavy atom. The molecule has 0 saturated heterocycles. The van der Waals surface area contributed by atoms with Crippen LogP contribution in [-0.4, -0.2) is 36.1 Å². The Balaban J connectivity index is 1.63. The van der Waals surface area contributed by atoms with Gasteiger partial charge in [0.2, 0.25) is 0 Å². The molecule has 8 heteroatoms. The lowest BCUT2D eigenvalue weighted by Crippen LogP contribution is -2.21. The molecule has 3 aromatic rings. The van der Waals surface area contributed by atoms with Crippen molar-refractivity contribution in [2.45, 2.75) is 27.3 Å². The zero-order valence-electron chi connectivity index (χ0n) is 20.7. The first-order valence-electron chi connectivity index (χ1n) is 11.8. The highest BCUT2D eigenvalue weighted by Gasteiger charge is 2.15. The average molecular weight is 568 g/mol. The fourth-order valence-electron chi connectivity index (χ4n) is 3.37. The van der Waals surface area contributed by atoms with Crippen molar-refractivity contribution in [3.8, 4) is 0 Å². The largest absolute Gasteiger partial charge is 0.321 e. The molecule has 0 bridgehead atoms. The minimum absolute atomic E-state index is 0.288. The Morgan fingerprint density at radius 1 is 0.972 bits per heavy atom. The molecule has 0 radical (unpaired) electrons. The molecular weight excluding hydrogens is 536 g/mol. The zero-order valence-corrected chi connectivity index (χ0v) is 23.1. The standard InChI is InChI=1S/C28H31BrN4O2S/c1-4-36-14-13-30-17-21-7-9-23(10-8-21)27(34)32-26-12-11-24(29)16-25(26)28(35)33-31-18-22-6-5-19(2)20(3)15-22/h5-12,15-16,18,30H,4,13-14,17H2,1-3H3,(H,32,34)(H,33,35)/b31-18+. The van der Waals surface area contributed by atoms with Gasteiger partial charge in [0.1, 0.15) is 0 Å². The first kappa shape index (κ1) is 27.6. The lowest BCUT2D eigenvalue weighted by molar-refractivity contribution is 0.0956. The molecule has 0 unspecified atom stereocenters. The molecular formula is C28H31BrN4O2S. The lowest BCUT2D eigenvalue weighted by atomic mass is 10.1. The van der Waals surface area contributed by atoms with Crippen molar-refractivity contribution in [1.29, 1.82) is 0 Å². The minimum Gasteiger partial charge on any atom is -0.321 e. The number of rotatable bonds is 11. The quantitative estimate of drug-likeness (QED) is 0.153. The number of halogens is 1. The van der Waals surface area contributed by atoms with Gasteiger partial charge in [-0.15, -0.1) is 0 Å². The molecule has 2 amide bonds. The van der Waals surface area contributed by atoms with Crippen LogP contribution in [0.5, 0.6) is 0 Å². The number of carbonyl (C=O) groups excluding carboxylic acids is 2. The van der Waals surface area contributed by atoms with E-state index in [1.165, 1.54) is 5.56 Å². The number of anilines is 1. The average Bonchev–Trinajstić information content (AvgIpc) is 2.87. The summed E-state index contributed by atoms with van der Waals surface area (Å²) in [5, 5.41) is 10.3. The van der Waals surface area contributed by atoms with Crippen molar-refractivity contribution in [3.63, 3.8) is 0 Å². The van der Waals surface area contributed by atoms with E-state index >= 15 is 0 Å². The summed E-state index contributed by atoms with van der Waals surface area (Å²) in [6.45, 7) is 7.93. The van der Waals surface area contributed by atoms with E-state index in [-0.39, 0.29) is 5.91 Å². The maximum atomic E-state index is 12.9. The highest BCUT2D eigenvalue weighted by Crippen LogP contribution is 2.22. The van der Waals surface area contributed by atoms with Crippen molar-refractivity contribution >= 4 is 51.4 Å². The van der Waals surface area contributed by atoms with Crippen LogP contribution in [0.4, 0.5) is 5.69 Å². The summed E-state index contributed by atoms with van der Waals surface area (Å²) < 4.78 is 0.720. The van der Waals surface area contributed by atoms with Crippen LogP contribution >= 0.6 is 27.7 Å². The zero-order chi connectivity index (χ0) is 25.9. The van der Waals surface area contributed by atoms with Gasteiger partial charge in [-0.3, -0.25) is 9.59 Å². The van der Waals surface area contributed by atoms with Crippen molar-refractivity contribution in [2.75, 3.05) is 23.4 Å². The fourth-order valence-corrected chi connectivity index (χ4v) is 4.31. The number of nitrogens with one attached hydrogen (secondary N) is 3. The van der Waals surface area contributed by atoms with Crippen molar-refractivity contribution in [1.82, 2.24) is 10.7 Å². The summed E-state index contributed by atoms with van der Waals surface area (Å²) in [6, 6.07) is 18.5. The molecule has 0 saturated carbocycles. The Labute approximate surface area is 225 Å². The van der Waals surface area contributed by atoms with Crippen LogP contribution in [0.25, 0.3) is 0 Å². The van der Waals surface area contributed by atoms with E-state index in [1.807, 2.05) is 55.9 Å². The van der Waals surface area contributed by atoms with Gasteiger partial charge in [0, 0.05) is 28.9 Å². The van der Waals surface area contributed by atoms with E-state index in [0.29, 0.717) is 16.8 Å². The highest BCUT2D eigenvalue weighted by atomic mass is 79.9. The molecule has 36 heavy (non-hydrogen) atoms. The normalized spacial score (nSPS) is 11.0. The number of benzene rings is 3. The van der Waals surface area contributed by atoms with Crippen molar-refractivity contribution < 1.29 is 9.59 Å². The predicted octanol–water partition coefficient (Wildman–Crippen LogP) is 5.92. The monoisotopic (exact) mass is 566 g/mol. The van der Waals surface area contributed by atoms with Gasteiger partial charge in [0.15, 0.2) is 0 Å². The van der Waals surface area contributed by atoms with Gasteiger partial charge in [-0.05, 0) is 72.2 Å². The second-order valence-corrected chi connectivity index (χ2v) is 10.6. The number of nitrogens with zero attached hydrogens (tertiary/aromatic N) is 1. The summed E-state index contributed by atoms with van der Waals surface area (Å²) >= 11 is 5.30. The topological polar surface area (TPSA) is 82.6 Å². The van der Waals surface area contributed by atoms with Gasteiger partial charge in [-0.1, -0.05) is 53.2 Å². The molecule has 3 N–H and O–H groups in total. The summed E-state index contributed by atoms with van der Waals surface area (Å²) in [5.41, 5.74) is 8.12. The molecule has 0 spiro atoms. The maximum Gasteiger partial charge on any atom is 0.273 e. The molecule has 0 aromatic heterocycles. The molecule has 0 aliphatic rings. The number of hydrazone groups is 1. The third-order valence-electron chi connectivity index (χ3n) is 5.56. The molecule has 0 fully saturated rings. The van der Waals surface area contributed by atoms with E-state index in [9.17, 15) is 9.59 Å². The third kappa shape index (κ3) is 8.33.